The van der Waals surface area contributed by atoms with Gasteiger partial charge in [0.05, 0.1) is 44.2 Å². The smallest absolute Gasteiger partial charge is 0.187 e. The Bertz CT molecular complexity index is 1760. The highest BCUT2D eigenvalue weighted by Crippen LogP contribution is 2.80. The Morgan fingerprint density at radius 3 is 1.86 bits per heavy atom. The summed E-state index contributed by atoms with van der Waals surface area (Å²) in [6.07, 6.45) is -14.0. The van der Waals surface area contributed by atoms with Gasteiger partial charge in [0.15, 0.2) is 24.7 Å². The number of aliphatic hydroxyl groups excluding tert-OH is 9. The summed E-state index contributed by atoms with van der Waals surface area (Å²) in [5, 5.41) is 108. The number of fused-ring (bicyclic) bond motifs is 4. The highest BCUT2D eigenvalue weighted by atomic mass is 16.8. The zero-order valence-electron chi connectivity index (χ0n) is 38.8. The van der Waals surface area contributed by atoms with E-state index < -0.39 is 129 Å². The molecule has 0 unspecified atom stereocenters. The topological polar surface area (TPSA) is 276 Å². The van der Waals surface area contributed by atoms with Crippen molar-refractivity contribution in [3.05, 3.63) is 11.6 Å². The molecule has 5 heterocycles. The van der Waals surface area contributed by atoms with Crippen molar-refractivity contribution >= 4 is 0 Å². The summed E-state index contributed by atoms with van der Waals surface area (Å²) in [6, 6.07) is 0. The maximum atomic E-state index is 12.2. The van der Waals surface area contributed by atoms with E-state index in [-0.39, 0.29) is 40.1 Å². The van der Waals surface area contributed by atoms with Crippen molar-refractivity contribution in [3.8, 4) is 0 Å². The van der Waals surface area contributed by atoms with Gasteiger partial charge in [-0.2, -0.15) is 0 Å². The molecular formula is C47H76O18. The fourth-order valence-electron chi connectivity index (χ4n) is 15.9. The van der Waals surface area contributed by atoms with Crippen molar-refractivity contribution in [2.45, 2.75) is 209 Å². The maximum absolute atomic E-state index is 12.2. The van der Waals surface area contributed by atoms with Gasteiger partial charge in [0, 0.05) is 24.2 Å². The van der Waals surface area contributed by atoms with E-state index in [2.05, 4.69) is 47.6 Å². The summed E-state index contributed by atoms with van der Waals surface area (Å²) in [5.41, 5.74) is -0.668. The largest absolute Gasteiger partial charge is 0.394 e. The number of hydrogen-bond acceptors (Lipinski definition) is 18. The van der Waals surface area contributed by atoms with E-state index in [9.17, 15) is 51.1 Å². The second kappa shape index (κ2) is 17.1. The van der Waals surface area contributed by atoms with Crippen molar-refractivity contribution in [1.82, 2.24) is 0 Å². The van der Waals surface area contributed by atoms with Gasteiger partial charge >= 0.3 is 0 Å². The van der Waals surface area contributed by atoms with E-state index in [1.165, 1.54) is 0 Å². The van der Waals surface area contributed by atoms with Crippen LogP contribution in [0.5, 0.6) is 0 Å². The first-order chi connectivity index (χ1) is 30.5. The number of hydrogen-bond donors (Lipinski definition) is 10. The van der Waals surface area contributed by atoms with E-state index in [1.807, 2.05) is 6.92 Å². The molecular weight excluding hydrogens is 852 g/mol. The monoisotopic (exact) mass is 929 g/mol. The number of allylic oxidation sites excluding steroid dienone is 1. The minimum absolute atomic E-state index is 0.0960. The van der Waals surface area contributed by atoms with Gasteiger partial charge in [-0.1, -0.05) is 39.3 Å². The van der Waals surface area contributed by atoms with Crippen LogP contribution in [0.1, 0.15) is 99.8 Å². The van der Waals surface area contributed by atoms with Crippen LogP contribution < -0.4 is 0 Å². The summed E-state index contributed by atoms with van der Waals surface area (Å²) in [6.45, 7) is 13.9. The molecule has 25 atom stereocenters. The lowest BCUT2D eigenvalue weighted by molar-refractivity contribution is -0.387. The van der Waals surface area contributed by atoms with Crippen molar-refractivity contribution in [1.29, 1.82) is 0 Å². The lowest BCUT2D eigenvalue weighted by atomic mass is 9.35. The summed E-state index contributed by atoms with van der Waals surface area (Å²) in [4.78, 5) is 0. The predicted octanol–water partition coefficient (Wildman–Crippen LogP) is -0.0333. The first kappa shape index (κ1) is 49.0. The lowest BCUT2D eigenvalue weighted by Crippen LogP contribution is -2.68. The minimum Gasteiger partial charge on any atom is -0.394 e. The van der Waals surface area contributed by atoms with Gasteiger partial charge in [-0.05, 0) is 93.3 Å². The van der Waals surface area contributed by atoms with Gasteiger partial charge in [0.25, 0.3) is 0 Å². The molecule has 5 aliphatic heterocycles. The Balaban J connectivity index is 0.991. The molecule has 2 bridgehead atoms. The molecule has 18 nitrogen and oxygen atoms in total. The van der Waals surface area contributed by atoms with Crippen LogP contribution in [-0.2, 0) is 37.9 Å². The third kappa shape index (κ3) is 7.40. The Morgan fingerprint density at radius 2 is 1.23 bits per heavy atom. The van der Waals surface area contributed by atoms with Crippen LogP contribution in [-0.4, -0.2) is 187 Å². The predicted molar refractivity (Wildman–Crippen MR) is 225 cm³/mol. The van der Waals surface area contributed by atoms with Crippen molar-refractivity contribution < 1.29 is 89.0 Å². The zero-order valence-corrected chi connectivity index (χ0v) is 38.8. The van der Waals surface area contributed by atoms with Crippen LogP contribution in [0.3, 0.4) is 0 Å². The van der Waals surface area contributed by atoms with Gasteiger partial charge < -0.3 is 89.0 Å². The van der Waals surface area contributed by atoms with Crippen molar-refractivity contribution in [2.24, 2.45) is 45.3 Å². The minimum atomic E-state index is -1.86. The van der Waals surface area contributed by atoms with Crippen LogP contribution >= 0.6 is 0 Å². The highest BCUT2D eigenvalue weighted by Gasteiger charge is 2.81. The molecule has 0 aromatic rings. The Labute approximate surface area is 381 Å². The molecule has 65 heavy (non-hydrogen) atoms. The average molecular weight is 929 g/mol. The van der Waals surface area contributed by atoms with Crippen LogP contribution in [0.25, 0.3) is 0 Å². The lowest BCUT2D eigenvalue weighted by Gasteiger charge is -2.70. The van der Waals surface area contributed by atoms with Gasteiger partial charge in [-0.25, -0.2) is 0 Å². The quantitative estimate of drug-likeness (QED) is 0.102. The van der Waals surface area contributed by atoms with E-state index in [1.54, 1.807) is 0 Å². The molecule has 0 aromatic carbocycles. The van der Waals surface area contributed by atoms with E-state index >= 15 is 0 Å². The fourth-order valence-corrected chi connectivity index (χ4v) is 15.9. The molecule has 372 valence electrons. The molecule has 0 aromatic heterocycles. The van der Waals surface area contributed by atoms with Crippen LogP contribution in [0, 0.1) is 45.3 Å². The average Bonchev–Trinajstić information content (AvgIpc) is 3.86. The molecule has 4 saturated carbocycles. The van der Waals surface area contributed by atoms with Crippen LogP contribution in [0.2, 0.25) is 0 Å². The van der Waals surface area contributed by atoms with Crippen molar-refractivity contribution in [2.75, 3.05) is 26.4 Å². The molecule has 0 radical (unpaired) electrons. The summed E-state index contributed by atoms with van der Waals surface area (Å²) >= 11 is 0. The second-order valence-corrected chi connectivity index (χ2v) is 22.9. The molecule has 4 aliphatic carbocycles. The third-order valence-electron chi connectivity index (χ3n) is 18.8. The summed E-state index contributed by atoms with van der Waals surface area (Å²) in [7, 11) is 0. The number of ether oxygens (including phenoxy) is 8. The molecule has 2 spiro atoms. The summed E-state index contributed by atoms with van der Waals surface area (Å²) < 4.78 is 50.9. The second-order valence-electron chi connectivity index (χ2n) is 22.9. The SMILES string of the molecule is CC(C)=C[C@H]1C[C@](C)(O)[C@H]2[C@H]3CC[C@@H]4[C@@]5(C)CC[C@H](O[C@@H]6O[C@H](CO)[C@@H](O)[C@H](O[C@@H]7O[C@H](CO)[C@@H](O)[C@H](O)[C@H]7O)[C@H]6O[C@@H]6O[C@@H](CO)[C@H](O)[C@H]6O)C(C)(C)[C@@H]5CC[C@@]4(C)[C@@]34CO[C@@]2(C4)O1. The Hall–Kier alpha value is -0.980. The van der Waals surface area contributed by atoms with E-state index in [0.717, 1.165) is 44.1 Å². The molecule has 0 amide bonds. The van der Waals surface area contributed by atoms with Gasteiger partial charge in [0.2, 0.25) is 0 Å². The van der Waals surface area contributed by atoms with Gasteiger partial charge in [0.1, 0.15) is 67.1 Å². The molecule has 9 rings (SSSR count). The van der Waals surface area contributed by atoms with Gasteiger partial charge in [-0.15, -0.1) is 0 Å². The first-order valence-corrected chi connectivity index (χ1v) is 24.1. The normalized spacial score (nSPS) is 56.9. The Morgan fingerprint density at radius 1 is 0.646 bits per heavy atom. The van der Waals surface area contributed by atoms with Crippen LogP contribution in [0.4, 0.5) is 0 Å². The standard InChI is InChI=1S/C47H76O18/c1-21(2)14-22-15-45(7,57)38-23-8-9-28-43(5)12-11-29(42(3,4)27(43)10-13-44(28,6)46(23)19-47(38,65-22)58-20-46)62-41-37(64-39-34(55)31(52)25(17-49)60-39)36(32(53)26(18-50)61-41)63-40-35(56)33(54)30(51)24(16-48)59-40/h14,22-41,48-57H,8-13,15-20H2,1-7H3/t22-,23+,24+,25-,26+,27-,28+,29-,30+,31-,32+,33-,34+,35+,36-,37+,38+,39-,40-,41-,43-,44+,45-,46-,47-/m0/s1. The number of rotatable bonds is 10. The maximum Gasteiger partial charge on any atom is 0.187 e. The summed E-state index contributed by atoms with van der Waals surface area (Å²) in [5.74, 6) is -0.184. The highest BCUT2D eigenvalue weighted by molar-refractivity contribution is 5.26. The zero-order chi connectivity index (χ0) is 47.0. The Kier molecular flexibility index (Phi) is 12.9. The third-order valence-corrected chi connectivity index (χ3v) is 18.8. The van der Waals surface area contributed by atoms with E-state index in [0.29, 0.717) is 25.4 Å². The number of aliphatic hydroxyl groups is 10. The molecule has 9 fully saturated rings. The first-order valence-electron chi connectivity index (χ1n) is 24.1. The van der Waals surface area contributed by atoms with Crippen LogP contribution in [0.15, 0.2) is 11.6 Å². The fraction of sp³-hybridized carbons (Fsp3) is 0.957. The van der Waals surface area contributed by atoms with Crippen molar-refractivity contribution in [3.63, 3.8) is 0 Å². The molecule has 10 N–H and O–H groups in total. The van der Waals surface area contributed by atoms with Gasteiger partial charge in [-0.3, -0.25) is 0 Å². The molecule has 18 heteroatoms. The molecule has 5 saturated heterocycles. The molecule has 9 aliphatic rings. The van der Waals surface area contributed by atoms with E-state index in [4.69, 9.17) is 37.9 Å².